The predicted octanol–water partition coefficient (Wildman–Crippen LogP) is 1.46. The molecule has 0 unspecified atom stereocenters. The number of carbonyl (C=O) groups excluding carboxylic acids is 1. The van der Waals surface area contributed by atoms with E-state index in [2.05, 4.69) is 19.1 Å². The Balaban J connectivity index is 2.44. The highest BCUT2D eigenvalue weighted by Gasteiger charge is 2.20. The highest BCUT2D eigenvalue weighted by molar-refractivity contribution is 7.23. The number of nitrogens with zero attached hydrogens (tertiary/aromatic N) is 2. The van der Waals surface area contributed by atoms with Crippen molar-refractivity contribution in [2.24, 2.45) is 0 Å². The van der Waals surface area contributed by atoms with E-state index in [9.17, 15) is 4.79 Å². The number of hydrogen-bond acceptors (Lipinski definition) is 4. The van der Waals surface area contributed by atoms with Crippen LogP contribution in [-0.4, -0.2) is 45.2 Å². The maximum absolute atomic E-state index is 11.9. The van der Waals surface area contributed by atoms with E-state index in [0.29, 0.717) is 28.0 Å². The number of fused-ring (bicyclic) bond motifs is 1. The Morgan fingerprint density at radius 3 is 2.76 bits per heavy atom. The zero-order chi connectivity index (χ0) is 15.6. The number of carbonyl (C=O) groups is 1. The second-order valence-corrected chi connectivity index (χ2v) is 6.44. The molecule has 0 fully saturated rings. The molecule has 0 aliphatic heterocycles. The van der Waals surface area contributed by atoms with Crippen LogP contribution in [-0.2, 0) is 4.79 Å². The van der Waals surface area contributed by atoms with Gasteiger partial charge in [0.1, 0.15) is 11.3 Å². The first-order valence-electron chi connectivity index (χ1n) is 6.64. The number of aromatic nitrogens is 1. The summed E-state index contributed by atoms with van der Waals surface area (Å²) in [6.45, 7) is 3.02. The number of likely N-dealkylation sites (N-methyl/N-ethyl adjacent to an activating group) is 1. The fourth-order valence-corrected chi connectivity index (χ4v) is 3.27. The van der Waals surface area contributed by atoms with Crippen molar-refractivity contribution in [3.05, 3.63) is 17.2 Å². The molecule has 21 heavy (non-hydrogen) atoms. The molecule has 1 heterocycles. The summed E-state index contributed by atoms with van der Waals surface area (Å²) in [5, 5.41) is 1.28. The lowest BCUT2D eigenvalue weighted by Gasteiger charge is -2.18. The minimum Gasteiger partial charge on any atom is -0.494 e. The molecule has 0 bridgehead atoms. The number of methoxy groups -OCH3 is 1. The van der Waals surface area contributed by atoms with Crippen LogP contribution < -0.4 is 14.5 Å². The number of rotatable bonds is 5. The SMILES string of the molecule is COc1ccc(Cl)c2sc(N(CC[NH+](C)C)C(C)=O)nc12. The van der Waals surface area contributed by atoms with E-state index in [1.54, 1.807) is 31.1 Å². The molecule has 5 nitrogen and oxygen atoms in total. The van der Waals surface area contributed by atoms with E-state index >= 15 is 0 Å². The summed E-state index contributed by atoms with van der Waals surface area (Å²) in [6.07, 6.45) is 0. The number of amides is 1. The highest BCUT2D eigenvalue weighted by atomic mass is 35.5. The van der Waals surface area contributed by atoms with Crippen molar-refractivity contribution in [1.29, 1.82) is 0 Å². The summed E-state index contributed by atoms with van der Waals surface area (Å²) in [4.78, 5) is 19.4. The van der Waals surface area contributed by atoms with Crippen molar-refractivity contribution in [3.8, 4) is 5.75 Å². The van der Waals surface area contributed by atoms with E-state index in [0.717, 1.165) is 11.2 Å². The summed E-state index contributed by atoms with van der Waals surface area (Å²) in [7, 11) is 5.70. The molecule has 0 saturated heterocycles. The molecule has 7 heteroatoms. The van der Waals surface area contributed by atoms with Gasteiger partial charge in [-0.1, -0.05) is 22.9 Å². The number of anilines is 1. The molecule has 2 aromatic rings. The molecular formula is C14H19ClN3O2S+. The highest BCUT2D eigenvalue weighted by Crippen LogP contribution is 2.38. The van der Waals surface area contributed by atoms with Gasteiger partial charge in [-0.25, -0.2) is 4.98 Å². The molecule has 1 amide bonds. The fourth-order valence-electron chi connectivity index (χ4n) is 1.94. The summed E-state index contributed by atoms with van der Waals surface area (Å²) in [6, 6.07) is 3.57. The Bertz CT molecular complexity index is 657. The topological polar surface area (TPSA) is 46.9 Å². The third-order valence-electron chi connectivity index (χ3n) is 3.11. The monoisotopic (exact) mass is 328 g/mol. The first-order chi connectivity index (χ1) is 9.93. The predicted molar refractivity (Wildman–Crippen MR) is 86.9 cm³/mol. The number of halogens is 1. The van der Waals surface area contributed by atoms with Crippen molar-refractivity contribution in [3.63, 3.8) is 0 Å². The van der Waals surface area contributed by atoms with E-state index in [1.807, 2.05) is 0 Å². The van der Waals surface area contributed by atoms with Gasteiger partial charge in [0, 0.05) is 6.92 Å². The minimum absolute atomic E-state index is 0.0228. The zero-order valence-electron chi connectivity index (χ0n) is 12.6. The number of thiazole rings is 1. The van der Waals surface area contributed by atoms with Crippen LogP contribution in [0.3, 0.4) is 0 Å². The van der Waals surface area contributed by atoms with Crippen LogP contribution in [0.25, 0.3) is 10.2 Å². The standard InChI is InChI=1S/C14H18ClN3O2S/c1-9(19)18(8-7-17(2)3)14-16-12-11(20-4)6-5-10(15)13(12)21-14/h5-6H,7-8H2,1-4H3/p+1. The summed E-state index contributed by atoms with van der Waals surface area (Å²) >= 11 is 7.63. The van der Waals surface area contributed by atoms with Gasteiger partial charge in [0.2, 0.25) is 5.91 Å². The molecule has 2 rings (SSSR count). The third-order valence-corrected chi connectivity index (χ3v) is 4.65. The van der Waals surface area contributed by atoms with Gasteiger partial charge in [0.25, 0.3) is 0 Å². The molecule has 0 saturated carbocycles. The molecule has 0 aliphatic rings. The van der Waals surface area contributed by atoms with Gasteiger partial charge in [-0.3, -0.25) is 9.69 Å². The number of hydrogen-bond donors (Lipinski definition) is 1. The van der Waals surface area contributed by atoms with Crippen LogP contribution in [0.2, 0.25) is 5.02 Å². The normalized spacial score (nSPS) is 11.1. The first-order valence-corrected chi connectivity index (χ1v) is 7.83. The van der Waals surface area contributed by atoms with Crippen molar-refractivity contribution in [1.82, 2.24) is 4.98 Å². The lowest BCUT2D eigenvalue weighted by molar-refractivity contribution is -0.856. The molecule has 0 spiro atoms. The maximum Gasteiger partial charge on any atom is 0.225 e. The smallest absolute Gasteiger partial charge is 0.225 e. The molecule has 1 aromatic carbocycles. The lowest BCUT2D eigenvalue weighted by atomic mass is 10.3. The van der Waals surface area contributed by atoms with E-state index in [4.69, 9.17) is 16.3 Å². The van der Waals surface area contributed by atoms with Gasteiger partial charge in [0.05, 0.1) is 44.0 Å². The van der Waals surface area contributed by atoms with Crippen molar-refractivity contribution in [2.45, 2.75) is 6.92 Å². The second kappa shape index (κ2) is 6.60. The number of quaternary nitrogens is 1. The van der Waals surface area contributed by atoms with Crippen LogP contribution in [0.5, 0.6) is 5.75 Å². The van der Waals surface area contributed by atoms with Crippen molar-refractivity contribution in [2.75, 3.05) is 39.2 Å². The summed E-state index contributed by atoms with van der Waals surface area (Å²) in [5.41, 5.74) is 0.702. The third kappa shape index (κ3) is 3.45. The van der Waals surface area contributed by atoms with Crippen LogP contribution in [0.4, 0.5) is 5.13 Å². The van der Waals surface area contributed by atoms with E-state index in [-0.39, 0.29) is 5.91 Å². The minimum atomic E-state index is -0.0228. The Morgan fingerprint density at radius 1 is 1.48 bits per heavy atom. The average molecular weight is 329 g/mol. The van der Waals surface area contributed by atoms with Crippen LogP contribution in [0, 0.1) is 0 Å². The molecule has 1 aromatic heterocycles. The zero-order valence-corrected chi connectivity index (χ0v) is 14.1. The Morgan fingerprint density at radius 2 is 2.19 bits per heavy atom. The maximum atomic E-state index is 11.9. The molecule has 114 valence electrons. The van der Waals surface area contributed by atoms with Crippen molar-refractivity contribution < 1.29 is 14.4 Å². The number of nitrogens with one attached hydrogen (secondary N) is 1. The molecule has 0 aliphatic carbocycles. The van der Waals surface area contributed by atoms with Crippen molar-refractivity contribution >= 4 is 44.2 Å². The number of benzene rings is 1. The van der Waals surface area contributed by atoms with Gasteiger partial charge in [0.15, 0.2) is 5.13 Å². The van der Waals surface area contributed by atoms with Gasteiger partial charge < -0.3 is 9.64 Å². The molecule has 0 atom stereocenters. The largest absolute Gasteiger partial charge is 0.494 e. The molecular weight excluding hydrogens is 310 g/mol. The second-order valence-electron chi connectivity index (χ2n) is 5.05. The Labute approximate surface area is 133 Å². The van der Waals surface area contributed by atoms with E-state index < -0.39 is 0 Å². The van der Waals surface area contributed by atoms with Crippen LogP contribution in [0.15, 0.2) is 12.1 Å². The number of ether oxygens (including phenoxy) is 1. The molecule has 1 N–H and O–H groups in total. The fraction of sp³-hybridized carbons (Fsp3) is 0.429. The van der Waals surface area contributed by atoms with E-state index in [1.165, 1.54) is 16.2 Å². The van der Waals surface area contributed by atoms with Crippen LogP contribution >= 0.6 is 22.9 Å². The Hall–Kier alpha value is -1.37. The Kier molecular flexibility index (Phi) is 5.03. The molecule has 0 radical (unpaired) electrons. The van der Waals surface area contributed by atoms with Gasteiger partial charge in [-0.05, 0) is 12.1 Å². The lowest BCUT2D eigenvalue weighted by Crippen LogP contribution is -3.06. The van der Waals surface area contributed by atoms with Gasteiger partial charge >= 0.3 is 0 Å². The quantitative estimate of drug-likeness (QED) is 0.904. The summed E-state index contributed by atoms with van der Waals surface area (Å²) < 4.78 is 6.15. The first kappa shape index (κ1) is 16.0. The van der Waals surface area contributed by atoms with Gasteiger partial charge in [-0.2, -0.15) is 0 Å². The van der Waals surface area contributed by atoms with Gasteiger partial charge in [-0.15, -0.1) is 0 Å². The average Bonchev–Trinajstić information content (AvgIpc) is 2.84. The summed E-state index contributed by atoms with van der Waals surface area (Å²) in [5.74, 6) is 0.643. The van der Waals surface area contributed by atoms with Crippen LogP contribution in [0.1, 0.15) is 6.92 Å².